The number of hydrogen-bond donors (Lipinski definition) is 2. The normalized spacial score (nSPS) is 22.6. The summed E-state index contributed by atoms with van der Waals surface area (Å²) in [5, 5.41) is 12.3. The third kappa shape index (κ3) is 4.37. The highest BCUT2D eigenvalue weighted by Gasteiger charge is 2.42. The zero-order valence-electron chi connectivity index (χ0n) is 12.5. The molecule has 1 atom stereocenters. The number of piperidine rings is 1. The Balaban J connectivity index is 2.54. The maximum Gasteiger partial charge on any atom is 0.317 e. The van der Waals surface area contributed by atoms with Crippen LogP contribution in [-0.4, -0.2) is 54.9 Å². The van der Waals surface area contributed by atoms with Crippen molar-refractivity contribution in [3.05, 3.63) is 0 Å². The Morgan fingerprint density at radius 3 is 2.75 bits per heavy atom. The van der Waals surface area contributed by atoms with Gasteiger partial charge in [-0.15, -0.1) is 0 Å². The van der Waals surface area contributed by atoms with Crippen molar-refractivity contribution in [2.45, 2.75) is 39.5 Å². The summed E-state index contributed by atoms with van der Waals surface area (Å²) in [6.07, 6.45) is 2.82. The third-order valence-electron chi connectivity index (χ3n) is 3.77. The molecular weight excluding hydrogens is 260 g/mol. The lowest BCUT2D eigenvalue weighted by molar-refractivity contribution is -0.152. The number of aliphatic carboxylic acids is 1. The molecule has 0 saturated carbocycles. The summed E-state index contributed by atoms with van der Waals surface area (Å²) >= 11 is 0. The predicted molar refractivity (Wildman–Crippen MR) is 75.7 cm³/mol. The molecule has 2 N–H and O–H groups in total. The Labute approximate surface area is 120 Å². The number of urea groups is 1. The van der Waals surface area contributed by atoms with E-state index in [9.17, 15) is 14.7 Å². The average molecular weight is 286 g/mol. The highest BCUT2D eigenvalue weighted by atomic mass is 16.5. The molecule has 6 heteroatoms. The molecule has 1 rings (SSSR count). The lowest BCUT2D eigenvalue weighted by Gasteiger charge is -2.39. The van der Waals surface area contributed by atoms with Crippen LogP contribution < -0.4 is 5.32 Å². The van der Waals surface area contributed by atoms with Crippen LogP contribution in [0.3, 0.4) is 0 Å². The van der Waals surface area contributed by atoms with Crippen LogP contribution in [0, 0.1) is 5.41 Å². The van der Waals surface area contributed by atoms with E-state index in [1.165, 1.54) is 0 Å². The highest BCUT2D eigenvalue weighted by Crippen LogP contribution is 2.35. The molecule has 20 heavy (non-hydrogen) atoms. The van der Waals surface area contributed by atoms with E-state index in [0.717, 1.165) is 12.8 Å². The maximum absolute atomic E-state index is 12.0. The quantitative estimate of drug-likeness (QED) is 0.698. The molecule has 1 fully saturated rings. The van der Waals surface area contributed by atoms with Gasteiger partial charge in [-0.2, -0.15) is 0 Å². The van der Waals surface area contributed by atoms with E-state index < -0.39 is 11.4 Å². The largest absolute Gasteiger partial charge is 0.481 e. The number of carboxylic acids is 1. The number of carbonyl (C=O) groups is 2. The smallest absolute Gasteiger partial charge is 0.317 e. The zero-order chi connectivity index (χ0) is 15.0. The first-order chi connectivity index (χ1) is 9.55. The van der Waals surface area contributed by atoms with E-state index in [-0.39, 0.29) is 6.03 Å². The molecule has 0 spiro atoms. The summed E-state index contributed by atoms with van der Waals surface area (Å²) in [7, 11) is 0. The van der Waals surface area contributed by atoms with E-state index in [1.807, 2.05) is 13.8 Å². The first kappa shape index (κ1) is 16.8. The van der Waals surface area contributed by atoms with Gasteiger partial charge in [-0.05, 0) is 26.2 Å². The van der Waals surface area contributed by atoms with Crippen molar-refractivity contribution >= 4 is 12.0 Å². The van der Waals surface area contributed by atoms with Gasteiger partial charge in [0.2, 0.25) is 0 Å². The Hall–Kier alpha value is -1.30. The first-order valence-corrected chi connectivity index (χ1v) is 7.39. The fourth-order valence-electron chi connectivity index (χ4n) is 2.76. The van der Waals surface area contributed by atoms with E-state index >= 15 is 0 Å². The van der Waals surface area contributed by atoms with E-state index in [4.69, 9.17) is 4.74 Å². The minimum atomic E-state index is -0.786. The molecular formula is C14H26N2O4. The van der Waals surface area contributed by atoms with Crippen molar-refractivity contribution in [2.24, 2.45) is 5.41 Å². The average Bonchev–Trinajstić information content (AvgIpc) is 2.44. The van der Waals surface area contributed by atoms with E-state index in [2.05, 4.69) is 5.32 Å². The molecule has 0 bridgehead atoms. The third-order valence-corrected chi connectivity index (χ3v) is 3.77. The number of rotatable bonds is 7. The van der Waals surface area contributed by atoms with Crippen LogP contribution in [0.25, 0.3) is 0 Å². The molecule has 1 heterocycles. The number of nitrogens with one attached hydrogen (secondary N) is 1. The topological polar surface area (TPSA) is 78.9 Å². The Morgan fingerprint density at radius 2 is 2.15 bits per heavy atom. The Morgan fingerprint density at radius 1 is 1.40 bits per heavy atom. The molecule has 0 radical (unpaired) electrons. The van der Waals surface area contributed by atoms with Crippen molar-refractivity contribution in [1.82, 2.24) is 10.2 Å². The molecule has 1 unspecified atom stereocenters. The molecule has 1 aliphatic rings. The number of likely N-dealkylation sites (tertiary alicyclic amines) is 1. The fraction of sp³-hybridized carbons (Fsp3) is 0.857. The SMILES string of the molecule is CCCC1(C(=O)O)CCCN(C(=O)NCCOCC)C1. The minimum absolute atomic E-state index is 0.189. The molecule has 6 nitrogen and oxygen atoms in total. The predicted octanol–water partition coefficient (Wildman–Crippen LogP) is 1.70. The van der Waals surface area contributed by atoms with Crippen LogP contribution >= 0.6 is 0 Å². The fourth-order valence-corrected chi connectivity index (χ4v) is 2.76. The van der Waals surface area contributed by atoms with Crippen LogP contribution in [-0.2, 0) is 9.53 Å². The summed E-state index contributed by atoms with van der Waals surface area (Å²) in [6.45, 7) is 6.37. The van der Waals surface area contributed by atoms with Crippen LogP contribution in [0.15, 0.2) is 0 Å². The van der Waals surface area contributed by atoms with Crippen molar-refractivity contribution in [2.75, 3.05) is 32.8 Å². The summed E-state index contributed by atoms with van der Waals surface area (Å²) in [5.74, 6) is -0.786. The van der Waals surface area contributed by atoms with Crippen molar-refractivity contribution in [1.29, 1.82) is 0 Å². The molecule has 0 aromatic rings. The number of ether oxygens (including phenoxy) is 1. The first-order valence-electron chi connectivity index (χ1n) is 7.39. The lowest BCUT2D eigenvalue weighted by atomic mass is 9.76. The summed E-state index contributed by atoms with van der Waals surface area (Å²) in [4.78, 5) is 25.2. The highest BCUT2D eigenvalue weighted by molar-refractivity contribution is 5.78. The number of amides is 2. The van der Waals surface area contributed by atoms with Crippen molar-refractivity contribution < 1.29 is 19.4 Å². The molecule has 0 aromatic heterocycles. The van der Waals surface area contributed by atoms with Gasteiger partial charge in [-0.1, -0.05) is 13.3 Å². The van der Waals surface area contributed by atoms with Gasteiger partial charge in [0.25, 0.3) is 0 Å². The van der Waals surface area contributed by atoms with Crippen LogP contribution in [0.1, 0.15) is 39.5 Å². The summed E-state index contributed by atoms with van der Waals surface area (Å²) in [6, 6.07) is -0.189. The molecule has 1 aliphatic heterocycles. The Bertz CT molecular complexity index is 331. The zero-order valence-corrected chi connectivity index (χ0v) is 12.5. The van der Waals surface area contributed by atoms with Gasteiger partial charge in [0, 0.05) is 26.2 Å². The van der Waals surface area contributed by atoms with Gasteiger partial charge in [0.05, 0.1) is 12.0 Å². The number of carbonyl (C=O) groups excluding carboxylic acids is 1. The number of carboxylic acid groups (broad SMARTS) is 1. The second-order valence-electron chi connectivity index (χ2n) is 5.29. The van der Waals surface area contributed by atoms with Crippen LogP contribution in [0.4, 0.5) is 4.79 Å². The van der Waals surface area contributed by atoms with Crippen molar-refractivity contribution in [3.8, 4) is 0 Å². The summed E-state index contributed by atoms with van der Waals surface area (Å²) in [5.41, 5.74) is -0.774. The maximum atomic E-state index is 12.0. The van der Waals surface area contributed by atoms with E-state index in [1.54, 1.807) is 4.90 Å². The van der Waals surface area contributed by atoms with Crippen LogP contribution in [0.2, 0.25) is 0 Å². The van der Waals surface area contributed by atoms with Gasteiger partial charge in [0.15, 0.2) is 0 Å². The number of hydrogen-bond acceptors (Lipinski definition) is 3. The molecule has 0 aliphatic carbocycles. The monoisotopic (exact) mass is 286 g/mol. The molecule has 0 aromatic carbocycles. The van der Waals surface area contributed by atoms with E-state index in [0.29, 0.717) is 45.7 Å². The van der Waals surface area contributed by atoms with Crippen molar-refractivity contribution in [3.63, 3.8) is 0 Å². The summed E-state index contributed by atoms with van der Waals surface area (Å²) < 4.78 is 5.16. The minimum Gasteiger partial charge on any atom is -0.481 e. The number of nitrogens with zero attached hydrogens (tertiary/aromatic N) is 1. The molecule has 116 valence electrons. The van der Waals surface area contributed by atoms with Gasteiger partial charge >= 0.3 is 12.0 Å². The second kappa shape index (κ2) is 8.09. The second-order valence-corrected chi connectivity index (χ2v) is 5.29. The lowest BCUT2D eigenvalue weighted by Crippen LogP contribution is -2.53. The van der Waals surface area contributed by atoms with Gasteiger partial charge < -0.3 is 20.1 Å². The Kier molecular flexibility index (Phi) is 6.78. The van der Waals surface area contributed by atoms with Gasteiger partial charge in [0.1, 0.15) is 0 Å². The standard InChI is InChI=1S/C14H26N2O4/c1-3-6-14(12(17)18)7-5-9-16(11-14)13(19)15-8-10-20-4-2/h3-11H2,1-2H3,(H,15,19)(H,17,18). The molecule has 1 saturated heterocycles. The van der Waals surface area contributed by atoms with Crippen LogP contribution in [0.5, 0.6) is 0 Å². The van der Waals surface area contributed by atoms with Gasteiger partial charge in [-0.25, -0.2) is 4.79 Å². The molecule has 2 amide bonds. The van der Waals surface area contributed by atoms with Gasteiger partial charge in [-0.3, -0.25) is 4.79 Å².